The number of esters is 1. The number of nitrogens with one attached hydrogen (secondary N) is 1. The lowest BCUT2D eigenvalue weighted by Gasteiger charge is -2.05. The van der Waals surface area contributed by atoms with E-state index in [1.54, 1.807) is 18.2 Å². The number of nitrogens with zero attached hydrogens (tertiary/aromatic N) is 1. The first-order valence-corrected chi connectivity index (χ1v) is 8.09. The Morgan fingerprint density at radius 3 is 2.48 bits per heavy atom. The molecule has 0 radical (unpaired) electrons. The quantitative estimate of drug-likeness (QED) is 0.817. The van der Waals surface area contributed by atoms with Gasteiger partial charge in [0.05, 0.1) is 6.61 Å². The average molecular weight is 372 g/mol. The first kappa shape index (κ1) is 18.9. The van der Waals surface area contributed by atoms with E-state index in [-0.39, 0.29) is 17.3 Å². The van der Waals surface area contributed by atoms with Crippen LogP contribution >= 0.6 is 11.3 Å². The Hall–Kier alpha value is -2.42. The number of aromatic nitrogens is 1. The molecule has 0 aliphatic rings. The molecular weight excluding hydrogens is 357 g/mol. The van der Waals surface area contributed by atoms with Crippen LogP contribution in [-0.4, -0.2) is 23.5 Å². The molecular formula is C16H15F3N2O3S. The molecule has 0 bridgehead atoms. The number of hydrogen-bond acceptors (Lipinski definition) is 5. The third kappa shape index (κ3) is 4.36. The van der Waals surface area contributed by atoms with Crippen LogP contribution in [-0.2, 0) is 10.9 Å². The van der Waals surface area contributed by atoms with Gasteiger partial charge in [-0.05, 0) is 44.0 Å². The molecule has 0 aliphatic heterocycles. The maximum absolute atomic E-state index is 13.0. The Morgan fingerprint density at radius 1 is 1.24 bits per heavy atom. The molecule has 5 nitrogen and oxygen atoms in total. The lowest BCUT2D eigenvalue weighted by Crippen LogP contribution is -2.14. The van der Waals surface area contributed by atoms with Gasteiger partial charge in [-0.25, -0.2) is 9.78 Å². The number of hydrogen-bond donors (Lipinski definition) is 1. The van der Waals surface area contributed by atoms with Crippen molar-refractivity contribution in [1.29, 1.82) is 0 Å². The van der Waals surface area contributed by atoms with Crippen molar-refractivity contribution in [3.63, 3.8) is 0 Å². The van der Waals surface area contributed by atoms with E-state index in [1.165, 1.54) is 6.92 Å². The Balaban J connectivity index is 2.31. The summed E-state index contributed by atoms with van der Waals surface area (Å²) >= 11 is 0.427. The van der Waals surface area contributed by atoms with Gasteiger partial charge in [0.2, 0.25) is 0 Å². The van der Waals surface area contributed by atoms with E-state index in [4.69, 9.17) is 0 Å². The van der Waals surface area contributed by atoms with Gasteiger partial charge >= 0.3 is 12.1 Å². The Kier molecular flexibility index (Phi) is 5.46. The van der Waals surface area contributed by atoms with E-state index in [9.17, 15) is 22.8 Å². The van der Waals surface area contributed by atoms with Crippen molar-refractivity contribution >= 4 is 28.3 Å². The lowest BCUT2D eigenvalue weighted by atomic mass is 10.1. The first-order chi connectivity index (χ1) is 11.6. The van der Waals surface area contributed by atoms with Crippen LogP contribution in [0.2, 0.25) is 0 Å². The molecule has 25 heavy (non-hydrogen) atoms. The number of anilines is 1. The topological polar surface area (TPSA) is 68.3 Å². The highest BCUT2D eigenvalue weighted by Gasteiger charge is 2.40. The van der Waals surface area contributed by atoms with Gasteiger partial charge in [0.25, 0.3) is 5.91 Å². The second kappa shape index (κ2) is 7.22. The number of ether oxygens (including phenoxy) is 1. The molecule has 0 unspecified atom stereocenters. The van der Waals surface area contributed by atoms with Crippen molar-refractivity contribution in [2.45, 2.75) is 26.9 Å². The molecule has 0 aliphatic carbocycles. The molecule has 1 aromatic carbocycles. The van der Waals surface area contributed by atoms with Crippen LogP contribution in [0.1, 0.15) is 43.8 Å². The molecule has 0 saturated heterocycles. The van der Waals surface area contributed by atoms with Gasteiger partial charge in [-0.3, -0.25) is 10.1 Å². The van der Waals surface area contributed by atoms with E-state index in [0.29, 0.717) is 11.3 Å². The zero-order valence-corrected chi connectivity index (χ0v) is 14.5. The number of thiazole rings is 1. The second-order valence-corrected chi connectivity index (χ2v) is 6.17. The van der Waals surface area contributed by atoms with Crippen molar-refractivity contribution in [2.24, 2.45) is 0 Å². The summed E-state index contributed by atoms with van der Waals surface area (Å²) < 4.78 is 43.7. The summed E-state index contributed by atoms with van der Waals surface area (Å²) in [7, 11) is 0. The SMILES string of the molecule is CCOC(=O)c1sc(NC(=O)c2ccc(C)c(C)c2)nc1C(F)(F)F. The molecule has 134 valence electrons. The summed E-state index contributed by atoms with van der Waals surface area (Å²) in [6.07, 6.45) is -4.83. The van der Waals surface area contributed by atoms with E-state index >= 15 is 0 Å². The minimum atomic E-state index is -4.83. The summed E-state index contributed by atoms with van der Waals surface area (Å²) in [6, 6.07) is 4.91. The molecule has 0 fully saturated rings. The number of carbonyl (C=O) groups excluding carboxylic acids is 2. The summed E-state index contributed by atoms with van der Waals surface area (Å²) in [5, 5.41) is 1.97. The Bertz CT molecular complexity index is 815. The van der Waals surface area contributed by atoms with Crippen LogP contribution < -0.4 is 5.32 Å². The predicted molar refractivity (Wildman–Crippen MR) is 86.9 cm³/mol. The van der Waals surface area contributed by atoms with Crippen molar-refractivity contribution in [1.82, 2.24) is 4.98 Å². The van der Waals surface area contributed by atoms with Crippen molar-refractivity contribution in [3.8, 4) is 0 Å². The fourth-order valence-electron chi connectivity index (χ4n) is 1.95. The largest absolute Gasteiger partial charge is 0.462 e. The second-order valence-electron chi connectivity index (χ2n) is 5.17. The maximum Gasteiger partial charge on any atom is 0.435 e. The van der Waals surface area contributed by atoms with Gasteiger partial charge in [0.15, 0.2) is 10.8 Å². The molecule has 9 heteroatoms. The average Bonchev–Trinajstić information content (AvgIpc) is 2.94. The maximum atomic E-state index is 13.0. The minimum absolute atomic E-state index is 0.0711. The monoisotopic (exact) mass is 372 g/mol. The lowest BCUT2D eigenvalue weighted by molar-refractivity contribution is -0.141. The number of amides is 1. The van der Waals surface area contributed by atoms with Crippen LogP contribution in [0.15, 0.2) is 18.2 Å². The predicted octanol–water partition coefficient (Wildman–Crippen LogP) is 4.21. The highest BCUT2D eigenvalue weighted by Crippen LogP contribution is 2.36. The zero-order chi connectivity index (χ0) is 18.8. The molecule has 2 aromatic rings. The molecule has 0 saturated carbocycles. The van der Waals surface area contributed by atoms with Crippen molar-refractivity contribution in [3.05, 3.63) is 45.5 Å². The third-order valence-electron chi connectivity index (χ3n) is 3.35. The fraction of sp³-hybridized carbons (Fsp3) is 0.312. The summed E-state index contributed by atoms with van der Waals surface area (Å²) in [4.78, 5) is 26.6. The van der Waals surface area contributed by atoms with Crippen LogP contribution in [0.5, 0.6) is 0 Å². The molecule has 1 amide bonds. The molecule has 2 rings (SSSR count). The molecule has 0 spiro atoms. The molecule has 1 aromatic heterocycles. The molecule has 0 atom stereocenters. The third-order valence-corrected chi connectivity index (χ3v) is 4.30. The van der Waals surface area contributed by atoms with Gasteiger partial charge in [-0.15, -0.1) is 0 Å². The van der Waals surface area contributed by atoms with Crippen LogP contribution in [0, 0.1) is 13.8 Å². The summed E-state index contributed by atoms with van der Waals surface area (Å²) in [5.74, 6) is -1.74. The van der Waals surface area contributed by atoms with Gasteiger partial charge in [0.1, 0.15) is 4.88 Å². The van der Waals surface area contributed by atoms with E-state index in [2.05, 4.69) is 15.0 Å². The van der Waals surface area contributed by atoms with E-state index < -0.39 is 28.6 Å². The van der Waals surface area contributed by atoms with E-state index in [0.717, 1.165) is 11.1 Å². The summed E-state index contributed by atoms with van der Waals surface area (Å²) in [5.41, 5.74) is 0.764. The fourth-order valence-corrected chi connectivity index (χ4v) is 2.83. The number of aryl methyl sites for hydroxylation is 2. The van der Waals surface area contributed by atoms with Crippen LogP contribution in [0.25, 0.3) is 0 Å². The van der Waals surface area contributed by atoms with Crippen LogP contribution in [0.3, 0.4) is 0 Å². The molecule has 1 N–H and O–H groups in total. The zero-order valence-electron chi connectivity index (χ0n) is 13.7. The van der Waals surface area contributed by atoms with E-state index in [1.807, 2.05) is 13.8 Å². The normalized spacial score (nSPS) is 11.3. The molecule has 1 heterocycles. The van der Waals surface area contributed by atoms with Crippen molar-refractivity contribution in [2.75, 3.05) is 11.9 Å². The standard InChI is InChI=1S/C16H15F3N2O3S/c1-4-24-14(23)11-12(16(17,18)19)20-15(25-11)21-13(22)10-6-5-8(2)9(3)7-10/h5-7H,4H2,1-3H3,(H,20,21,22). The highest BCUT2D eigenvalue weighted by atomic mass is 32.1. The number of rotatable bonds is 4. The van der Waals surface area contributed by atoms with Gasteiger partial charge < -0.3 is 4.74 Å². The smallest absolute Gasteiger partial charge is 0.435 e. The highest BCUT2D eigenvalue weighted by molar-refractivity contribution is 7.17. The van der Waals surface area contributed by atoms with Gasteiger partial charge in [0, 0.05) is 5.56 Å². The summed E-state index contributed by atoms with van der Waals surface area (Å²) in [6.45, 7) is 5.10. The van der Waals surface area contributed by atoms with Crippen molar-refractivity contribution < 1.29 is 27.5 Å². The minimum Gasteiger partial charge on any atom is -0.462 e. The van der Waals surface area contributed by atoms with Gasteiger partial charge in [-0.1, -0.05) is 17.4 Å². The number of carbonyl (C=O) groups is 2. The van der Waals surface area contributed by atoms with Crippen LogP contribution in [0.4, 0.5) is 18.3 Å². The number of alkyl halides is 3. The number of halogens is 3. The van der Waals surface area contributed by atoms with Gasteiger partial charge in [-0.2, -0.15) is 13.2 Å². The first-order valence-electron chi connectivity index (χ1n) is 7.27. The Labute approximate surface area is 145 Å². The Morgan fingerprint density at radius 2 is 1.92 bits per heavy atom. The number of benzene rings is 1.